The Labute approximate surface area is 175 Å². The van der Waals surface area contributed by atoms with Crippen molar-refractivity contribution in [1.82, 2.24) is 5.32 Å². The molecule has 0 aliphatic rings. The quantitative estimate of drug-likeness (QED) is 0.390. The molecular formula is C21H14ClF3N2OS. The van der Waals surface area contributed by atoms with Gasteiger partial charge in [0.05, 0.1) is 16.3 Å². The molecule has 0 atom stereocenters. The number of hydrogen-bond donors (Lipinski definition) is 2. The summed E-state index contributed by atoms with van der Waals surface area (Å²) in [6, 6.07) is 16.2. The number of fused-ring (bicyclic) bond motifs is 1. The van der Waals surface area contributed by atoms with Crippen LogP contribution in [0, 0.1) is 0 Å². The monoisotopic (exact) mass is 434 g/mol. The zero-order valence-electron chi connectivity index (χ0n) is 14.8. The van der Waals surface area contributed by atoms with Gasteiger partial charge in [0.15, 0.2) is 5.11 Å². The van der Waals surface area contributed by atoms with Crippen molar-refractivity contribution in [3.63, 3.8) is 0 Å². The van der Waals surface area contributed by atoms with Crippen molar-refractivity contribution in [3.05, 3.63) is 82.9 Å². The number of benzene rings is 3. The minimum atomic E-state index is -4.52. The van der Waals surface area contributed by atoms with E-state index in [1.807, 2.05) is 42.5 Å². The Bertz CT molecular complexity index is 1110. The molecule has 0 aliphatic carbocycles. The Morgan fingerprint density at radius 3 is 2.52 bits per heavy atom. The maximum absolute atomic E-state index is 12.8. The van der Waals surface area contributed by atoms with E-state index in [0.717, 1.165) is 34.5 Å². The topological polar surface area (TPSA) is 41.1 Å². The Morgan fingerprint density at radius 1 is 1.03 bits per heavy atom. The SMILES string of the molecule is O=C(/C=C/c1cccc2ccccc12)NC(=S)Nc1cc(C(F)(F)F)ccc1Cl. The van der Waals surface area contributed by atoms with Gasteiger partial charge in [-0.1, -0.05) is 54.1 Å². The molecule has 3 aromatic carbocycles. The number of carbonyl (C=O) groups excluding carboxylic acids is 1. The van der Waals surface area contributed by atoms with Crippen molar-refractivity contribution >= 4 is 57.4 Å². The number of rotatable bonds is 3. The van der Waals surface area contributed by atoms with Crippen LogP contribution in [0.15, 0.2) is 66.7 Å². The van der Waals surface area contributed by atoms with Gasteiger partial charge in [0, 0.05) is 6.08 Å². The predicted octanol–water partition coefficient (Wildman–Crippen LogP) is 6.04. The lowest BCUT2D eigenvalue weighted by molar-refractivity contribution is -0.137. The second-order valence-electron chi connectivity index (χ2n) is 6.04. The zero-order valence-corrected chi connectivity index (χ0v) is 16.3. The summed E-state index contributed by atoms with van der Waals surface area (Å²) in [6.07, 6.45) is -1.59. The lowest BCUT2D eigenvalue weighted by Gasteiger charge is -2.13. The summed E-state index contributed by atoms with van der Waals surface area (Å²) < 4.78 is 38.5. The van der Waals surface area contributed by atoms with Crippen molar-refractivity contribution in [2.45, 2.75) is 6.18 Å². The fourth-order valence-corrected chi connectivity index (χ4v) is 3.04. The van der Waals surface area contributed by atoms with Gasteiger partial charge in [-0.3, -0.25) is 10.1 Å². The van der Waals surface area contributed by atoms with Crippen molar-refractivity contribution < 1.29 is 18.0 Å². The molecule has 0 bridgehead atoms. The highest BCUT2D eigenvalue weighted by molar-refractivity contribution is 7.80. The number of anilines is 1. The second kappa shape index (κ2) is 8.63. The van der Waals surface area contributed by atoms with Crippen molar-refractivity contribution in [3.8, 4) is 0 Å². The summed E-state index contributed by atoms with van der Waals surface area (Å²) in [5, 5.41) is 6.79. The van der Waals surface area contributed by atoms with E-state index in [1.54, 1.807) is 6.08 Å². The van der Waals surface area contributed by atoms with Crippen molar-refractivity contribution in [1.29, 1.82) is 0 Å². The molecule has 148 valence electrons. The van der Waals surface area contributed by atoms with E-state index in [-0.39, 0.29) is 15.8 Å². The summed E-state index contributed by atoms with van der Waals surface area (Å²) in [5.74, 6) is -0.529. The lowest BCUT2D eigenvalue weighted by Crippen LogP contribution is -2.33. The molecule has 0 fully saturated rings. The molecule has 2 N–H and O–H groups in total. The molecule has 29 heavy (non-hydrogen) atoms. The lowest BCUT2D eigenvalue weighted by atomic mass is 10.0. The minimum absolute atomic E-state index is 0.0425. The van der Waals surface area contributed by atoms with Gasteiger partial charge < -0.3 is 5.32 Å². The largest absolute Gasteiger partial charge is 0.416 e. The summed E-state index contributed by atoms with van der Waals surface area (Å²) in [7, 11) is 0. The van der Waals surface area contributed by atoms with Crippen LogP contribution in [0.3, 0.4) is 0 Å². The van der Waals surface area contributed by atoms with Gasteiger partial charge in [-0.2, -0.15) is 13.2 Å². The van der Waals surface area contributed by atoms with Gasteiger partial charge in [-0.15, -0.1) is 0 Å². The van der Waals surface area contributed by atoms with Crippen LogP contribution in [0.4, 0.5) is 18.9 Å². The molecule has 3 nitrogen and oxygen atoms in total. The van der Waals surface area contributed by atoms with Gasteiger partial charge in [0.25, 0.3) is 0 Å². The first-order valence-corrected chi connectivity index (χ1v) is 9.17. The predicted molar refractivity (Wildman–Crippen MR) is 114 cm³/mol. The van der Waals surface area contributed by atoms with Gasteiger partial charge in [0.1, 0.15) is 0 Å². The zero-order chi connectivity index (χ0) is 21.0. The molecule has 0 saturated carbocycles. The molecule has 0 spiro atoms. The first kappa shape index (κ1) is 20.8. The van der Waals surface area contributed by atoms with E-state index >= 15 is 0 Å². The van der Waals surface area contributed by atoms with E-state index < -0.39 is 17.6 Å². The summed E-state index contributed by atoms with van der Waals surface area (Å²) in [6.45, 7) is 0. The van der Waals surface area contributed by atoms with E-state index in [9.17, 15) is 18.0 Å². The number of carbonyl (C=O) groups is 1. The van der Waals surface area contributed by atoms with Crippen LogP contribution < -0.4 is 10.6 Å². The molecule has 3 aromatic rings. The third-order valence-corrected chi connectivity index (χ3v) is 4.55. The Balaban J connectivity index is 1.68. The fourth-order valence-electron chi connectivity index (χ4n) is 2.67. The maximum atomic E-state index is 12.8. The Kier molecular flexibility index (Phi) is 6.20. The number of hydrogen-bond acceptors (Lipinski definition) is 2. The molecule has 8 heteroatoms. The van der Waals surface area contributed by atoms with Gasteiger partial charge in [-0.25, -0.2) is 0 Å². The average molecular weight is 435 g/mol. The smallest absolute Gasteiger partial charge is 0.331 e. The van der Waals surface area contributed by atoms with E-state index in [0.29, 0.717) is 0 Å². The normalized spacial score (nSPS) is 11.6. The molecule has 3 rings (SSSR count). The van der Waals surface area contributed by atoms with Crippen molar-refractivity contribution in [2.75, 3.05) is 5.32 Å². The number of halogens is 4. The summed E-state index contributed by atoms with van der Waals surface area (Å²) in [5.41, 5.74) is -0.0859. The minimum Gasteiger partial charge on any atom is -0.331 e. The van der Waals surface area contributed by atoms with Crippen LogP contribution in [-0.2, 0) is 11.0 Å². The highest BCUT2D eigenvalue weighted by Gasteiger charge is 2.31. The molecule has 0 unspecified atom stereocenters. The van der Waals surface area contributed by atoms with Crippen LogP contribution in [0.5, 0.6) is 0 Å². The highest BCUT2D eigenvalue weighted by Crippen LogP contribution is 2.33. The molecule has 0 aliphatic heterocycles. The summed E-state index contributed by atoms with van der Waals surface area (Å²) in [4.78, 5) is 12.1. The standard InChI is InChI=1S/C21H14ClF3N2OS/c22-17-10-9-15(21(23,24)25)12-18(17)26-20(29)27-19(28)11-8-14-6-3-5-13-4-1-2-7-16(13)14/h1-12H,(H2,26,27,28,29)/b11-8+. The highest BCUT2D eigenvalue weighted by atomic mass is 35.5. The van der Waals surface area contributed by atoms with Crippen LogP contribution >= 0.6 is 23.8 Å². The Hall–Kier alpha value is -2.90. The number of thiocarbonyl (C=S) groups is 1. The van der Waals surface area contributed by atoms with Crippen molar-refractivity contribution in [2.24, 2.45) is 0 Å². The van der Waals surface area contributed by atoms with E-state index in [2.05, 4.69) is 10.6 Å². The fraction of sp³-hybridized carbons (Fsp3) is 0.0476. The van der Waals surface area contributed by atoms with Crippen LogP contribution in [0.2, 0.25) is 5.02 Å². The van der Waals surface area contributed by atoms with Gasteiger partial charge >= 0.3 is 6.18 Å². The second-order valence-corrected chi connectivity index (χ2v) is 6.85. The average Bonchev–Trinajstić information content (AvgIpc) is 2.67. The first-order chi connectivity index (χ1) is 13.7. The van der Waals surface area contributed by atoms with E-state index in [4.69, 9.17) is 23.8 Å². The molecule has 1 amide bonds. The Morgan fingerprint density at radius 2 is 1.76 bits per heavy atom. The van der Waals surface area contributed by atoms with E-state index in [1.165, 1.54) is 6.08 Å². The third kappa shape index (κ3) is 5.34. The molecule has 0 saturated heterocycles. The number of alkyl halides is 3. The molecule has 0 heterocycles. The summed E-state index contributed by atoms with van der Waals surface area (Å²) >= 11 is 10.9. The van der Waals surface area contributed by atoms with Gasteiger partial charge in [0.2, 0.25) is 5.91 Å². The van der Waals surface area contributed by atoms with Gasteiger partial charge in [-0.05, 0) is 52.8 Å². The third-order valence-electron chi connectivity index (χ3n) is 4.02. The first-order valence-electron chi connectivity index (χ1n) is 8.38. The van der Waals surface area contributed by atoms with Crippen LogP contribution in [0.1, 0.15) is 11.1 Å². The molecular weight excluding hydrogens is 421 g/mol. The number of nitrogens with one attached hydrogen (secondary N) is 2. The molecule has 0 aromatic heterocycles. The van der Waals surface area contributed by atoms with Crippen LogP contribution in [-0.4, -0.2) is 11.0 Å². The maximum Gasteiger partial charge on any atom is 0.416 e. The van der Waals surface area contributed by atoms with Crippen LogP contribution in [0.25, 0.3) is 16.8 Å². The number of amides is 1. The molecule has 0 radical (unpaired) electrons.